The standard InChI is InChI=1S/C11H15NS/c1-13-11-4-2-3-9(7-11)8-12-10-5-6-10/h2-4,7,10,12H,5-6,8H2,1H3. The van der Waals surface area contributed by atoms with Gasteiger partial charge in [-0.15, -0.1) is 11.8 Å². The van der Waals surface area contributed by atoms with Crippen LogP contribution in [0.25, 0.3) is 0 Å². The first kappa shape index (κ1) is 9.10. The van der Waals surface area contributed by atoms with Crippen LogP contribution in [0.1, 0.15) is 18.4 Å². The molecule has 0 aliphatic heterocycles. The van der Waals surface area contributed by atoms with E-state index in [0.717, 1.165) is 12.6 Å². The smallest absolute Gasteiger partial charge is 0.0208 e. The first-order chi connectivity index (χ1) is 6.38. The third-order valence-corrected chi connectivity index (χ3v) is 3.03. The minimum Gasteiger partial charge on any atom is -0.310 e. The third kappa shape index (κ3) is 2.75. The van der Waals surface area contributed by atoms with Crippen LogP contribution in [0.15, 0.2) is 29.2 Å². The lowest BCUT2D eigenvalue weighted by atomic mass is 10.2. The summed E-state index contributed by atoms with van der Waals surface area (Å²) in [6.07, 6.45) is 4.85. The van der Waals surface area contributed by atoms with Gasteiger partial charge in [-0.1, -0.05) is 12.1 Å². The summed E-state index contributed by atoms with van der Waals surface area (Å²) in [6.45, 7) is 1.03. The molecule has 0 unspecified atom stereocenters. The molecule has 0 saturated heterocycles. The molecule has 1 nitrogen and oxygen atoms in total. The molecule has 0 atom stereocenters. The first-order valence-corrected chi connectivity index (χ1v) is 5.97. The van der Waals surface area contributed by atoms with Gasteiger partial charge in [0.05, 0.1) is 0 Å². The fourth-order valence-electron chi connectivity index (χ4n) is 1.33. The summed E-state index contributed by atoms with van der Waals surface area (Å²) in [7, 11) is 0. The Hall–Kier alpha value is -0.470. The van der Waals surface area contributed by atoms with Gasteiger partial charge in [-0.2, -0.15) is 0 Å². The SMILES string of the molecule is CSc1cccc(CNC2CC2)c1. The molecule has 0 spiro atoms. The van der Waals surface area contributed by atoms with Gasteiger partial charge < -0.3 is 5.32 Å². The van der Waals surface area contributed by atoms with Crippen molar-refractivity contribution in [2.24, 2.45) is 0 Å². The minimum atomic E-state index is 0.804. The second kappa shape index (κ2) is 4.16. The molecule has 70 valence electrons. The molecule has 1 aromatic carbocycles. The largest absolute Gasteiger partial charge is 0.310 e. The third-order valence-electron chi connectivity index (χ3n) is 2.31. The van der Waals surface area contributed by atoms with E-state index in [2.05, 4.69) is 35.8 Å². The number of rotatable bonds is 4. The zero-order chi connectivity index (χ0) is 9.10. The molecule has 2 rings (SSSR count). The molecule has 0 aromatic heterocycles. The highest BCUT2D eigenvalue weighted by atomic mass is 32.2. The number of thioether (sulfide) groups is 1. The molecule has 0 amide bonds. The number of hydrogen-bond acceptors (Lipinski definition) is 2. The van der Waals surface area contributed by atoms with Crippen LogP contribution >= 0.6 is 11.8 Å². The average Bonchev–Trinajstić information content (AvgIpc) is 2.99. The minimum absolute atomic E-state index is 0.804. The molecule has 0 heterocycles. The Bertz CT molecular complexity index is 281. The second-order valence-corrected chi connectivity index (χ2v) is 4.39. The van der Waals surface area contributed by atoms with Gasteiger partial charge in [0.1, 0.15) is 0 Å². The Morgan fingerprint density at radius 3 is 3.00 bits per heavy atom. The number of nitrogens with one attached hydrogen (secondary N) is 1. The maximum Gasteiger partial charge on any atom is 0.0208 e. The van der Waals surface area contributed by atoms with Crippen LogP contribution in [-0.4, -0.2) is 12.3 Å². The van der Waals surface area contributed by atoms with E-state index in [9.17, 15) is 0 Å². The van der Waals surface area contributed by atoms with E-state index >= 15 is 0 Å². The van der Waals surface area contributed by atoms with Crippen LogP contribution in [-0.2, 0) is 6.54 Å². The van der Waals surface area contributed by atoms with Gasteiger partial charge in [-0.05, 0) is 36.8 Å². The molecular weight excluding hydrogens is 178 g/mol. The van der Waals surface area contributed by atoms with E-state index in [-0.39, 0.29) is 0 Å². The Kier molecular flexibility index (Phi) is 2.91. The molecule has 2 heteroatoms. The van der Waals surface area contributed by atoms with Gasteiger partial charge >= 0.3 is 0 Å². The highest BCUT2D eigenvalue weighted by Crippen LogP contribution is 2.20. The summed E-state index contributed by atoms with van der Waals surface area (Å²) in [5, 5.41) is 3.51. The highest BCUT2D eigenvalue weighted by molar-refractivity contribution is 7.98. The van der Waals surface area contributed by atoms with Gasteiger partial charge in [0.15, 0.2) is 0 Å². The van der Waals surface area contributed by atoms with Crippen molar-refractivity contribution < 1.29 is 0 Å². The molecule has 1 N–H and O–H groups in total. The van der Waals surface area contributed by atoms with Crippen molar-refractivity contribution in [3.8, 4) is 0 Å². The van der Waals surface area contributed by atoms with E-state index in [1.165, 1.54) is 23.3 Å². The summed E-state index contributed by atoms with van der Waals surface area (Å²) in [5.41, 5.74) is 1.40. The zero-order valence-corrected chi connectivity index (χ0v) is 8.73. The lowest BCUT2D eigenvalue weighted by molar-refractivity contribution is 0.687. The number of hydrogen-bond donors (Lipinski definition) is 1. The summed E-state index contributed by atoms with van der Waals surface area (Å²) < 4.78 is 0. The second-order valence-electron chi connectivity index (χ2n) is 3.51. The van der Waals surface area contributed by atoms with Crippen molar-refractivity contribution in [2.45, 2.75) is 30.3 Å². The lowest BCUT2D eigenvalue weighted by Gasteiger charge is -2.04. The van der Waals surface area contributed by atoms with Crippen LogP contribution in [0.3, 0.4) is 0 Å². The Morgan fingerprint density at radius 1 is 1.46 bits per heavy atom. The molecule has 1 aliphatic rings. The summed E-state index contributed by atoms with van der Waals surface area (Å²) in [6, 6.07) is 9.55. The van der Waals surface area contributed by atoms with Crippen molar-refractivity contribution in [1.82, 2.24) is 5.32 Å². The van der Waals surface area contributed by atoms with Crippen LogP contribution in [0.2, 0.25) is 0 Å². The molecule has 0 bridgehead atoms. The van der Waals surface area contributed by atoms with Crippen molar-refractivity contribution in [3.05, 3.63) is 29.8 Å². The zero-order valence-electron chi connectivity index (χ0n) is 7.92. The van der Waals surface area contributed by atoms with Crippen molar-refractivity contribution in [3.63, 3.8) is 0 Å². The van der Waals surface area contributed by atoms with E-state index < -0.39 is 0 Å². The van der Waals surface area contributed by atoms with E-state index in [1.54, 1.807) is 11.8 Å². The molecule has 1 aliphatic carbocycles. The summed E-state index contributed by atoms with van der Waals surface area (Å²) in [5.74, 6) is 0. The lowest BCUT2D eigenvalue weighted by Crippen LogP contribution is -2.15. The molecule has 1 fully saturated rings. The van der Waals surface area contributed by atoms with Crippen LogP contribution in [0, 0.1) is 0 Å². The highest BCUT2D eigenvalue weighted by Gasteiger charge is 2.19. The first-order valence-electron chi connectivity index (χ1n) is 4.75. The predicted molar refractivity (Wildman–Crippen MR) is 58.1 cm³/mol. The summed E-state index contributed by atoms with van der Waals surface area (Å²) >= 11 is 1.81. The Labute approximate surface area is 83.9 Å². The van der Waals surface area contributed by atoms with Gasteiger partial charge in [0, 0.05) is 17.5 Å². The fourth-order valence-corrected chi connectivity index (χ4v) is 1.82. The topological polar surface area (TPSA) is 12.0 Å². The van der Waals surface area contributed by atoms with Crippen molar-refractivity contribution in [1.29, 1.82) is 0 Å². The van der Waals surface area contributed by atoms with Gasteiger partial charge in [-0.25, -0.2) is 0 Å². The van der Waals surface area contributed by atoms with E-state index in [0.29, 0.717) is 0 Å². The van der Waals surface area contributed by atoms with E-state index in [1.807, 2.05) is 0 Å². The van der Waals surface area contributed by atoms with Crippen LogP contribution in [0.5, 0.6) is 0 Å². The molecule has 1 saturated carbocycles. The molecule has 1 aromatic rings. The Morgan fingerprint density at radius 2 is 2.31 bits per heavy atom. The average molecular weight is 193 g/mol. The van der Waals surface area contributed by atoms with Crippen LogP contribution < -0.4 is 5.32 Å². The normalized spacial score (nSPS) is 16.1. The molecular formula is C11H15NS. The Balaban J connectivity index is 1.93. The van der Waals surface area contributed by atoms with Gasteiger partial charge in [-0.3, -0.25) is 0 Å². The van der Waals surface area contributed by atoms with E-state index in [4.69, 9.17) is 0 Å². The van der Waals surface area contributed by atoms with Crippen molar-refractivity contribution >= 4 is 11.8 Å². The quantitative estimate of drug-likeness (QED) is 0.738. The molecule has 13 heavy (non-hydrogen) atoms. The van der Waals surface area contributed by atoms with Gasteiger partial charge in [0.2, 0.25) is 0 Å². The maximum absolute atomic E-state index is 3.51. The maximum atomic E-state index is 3.51. The monoisotopic (exact) mass is 193 g/mol. The van der Waals surface area contributed by atoms with Crippen molar-refractivity contribution in [2.75, 3.05) is 6.26 Å². The predicted octanol–water partition coefficient (Wildman–Crippen LogP) is 2.66. The molecule has 0 radical (unpaired) electrons. The summed E-state index contributed by atoms with van der Waals surface area (Å²) in [4.78, 5) is 1.36. The fraction of sp³-hybridized carbons (Fsp3) is 0.455. The number of benzene rings is 1. The van der Waals surface area contributed by atoms with Crippen LogP contribution in [0.4, 0.5) is 0 Å². The van der Waals surface area contributed by atoms with Gasteiger partial charge in [0.25, 0.3) is 0 Å².